The molecular formula is C24H17NO3S. The van der Waals surface area contributed by atoms with Gasteiger partial charge in [0.15, 0.2) is 5.58 Å². The first kappa shape index (κ1) is 17.8. The second-order valence-electron chi connectivity index (χ2n) is 6.88. The van der Waals surface area contributed by atoms with Crippen LogP contribution in [0.1, 0.15) is 22.8 Å². The molecule has 0 unspecified atom stereocenters. The van der Waals surface area contributed by atoms with E-state index in [1.807, 2.05) is 36.4 Å². The van der Waals surface area contributed by atoms with E-state index in [4.69, 9.17) is 9.41 Å². The average molecular weight is 399 g/mol. The van der Waals surface area contributed by atoms with Crippen LogP contribution in [-0.4, -0.2) is 10.8 Å². The Morgan fingerprint density at radius 3 is 2.55 bits per heavy atom. The van der Waals surface area contributed by atoms with E-state index in [1.165, 1.54) is 11.6 Å². The van der Waals surface area contributed by atoms with Gasteiger partial charge in [0, 0.05) is 28.0 Å². The van der Waals surface area contributed by atoms with Crippen LogP contribution in [0.5, 0.6) is 5.75 Å². The molecule has 2 heterocycles. The summed E-state index contributed by atoms with van der Waals surface area (Å²) >= 11 is 1.76. The van der Waals surface area contributed by atoms with Gasteiger partial charge in [0.2, 0.25) is 0 Å². The number of hydrogen-bond donors (Lipinski definition) is 1. The lowest BCUT2D eigenvalue weighted by atomic mass is 9.98. The van der Waals surface area contributed by atoms with Gasteiger partial charge in [-0.15, -0.1) is 11.8 Å². The van der Waals surface area contributed by atoms with Gasteiger partial charge in [-0.1, -0.05) is 42.5 Å². The molecule has 0 fully saturated rings. The molecule has 1 N–H and O–H groups in total. The molecule has 1 aliphatic heterocycles. The summed E-state index contributed by atoms with van der Waals surface area (Å²) in [7, 11) is 0. The van der Waals surface area contributed by atoms with Gasteiger partial charge in [-0.2, -0.15) is 0 Å². The summed E-state index contributed by atoms with van der Waals surface area (Å²) in [5.74, 6) is 0.0572. The van der Waals surface area contributed by atoms with Crippen molar-refractivity contribution in [1.29, 1.82) is 0 Å². The standard InChI is InChI=1S/C24H17NO3S/c26-19-12-10-16-11-13-22(27)28-24(16)23(19)18-14-21(15-6-2-1-3-7-15)29-20-9-5-4-8-17(20)25-18/h1-13,21,26H,14H2/t21-/m1/s1. The van der Waals surface area contributed by atoms with Crippen LogP contribution in [0.2, 0.25) is 0 Å². The lowest BCUT2D eigenvalue weighted by Gasteiger charge is -2.17. The second kappa shape index (κ2) is 7.26. The van der Waals surface area contributed by atoms with E-state index in [-0.39, 0.29) is 11.0 Å². The summed E-state index contributed by atoms with van der Waals surface area (Å²) in [6.07, 6.45) is 0.592. The number of fused-ring (bicyclic) bond motifs is 2. The summed E-state index contributed by atoms with van der Waals surface area (Å²) < 4.78 is 5.49. The number of thioether (sulfide) groups is 1. The van der Waals surface area contributed by atoms with Gasteiger partial charge in [0.05, 0.1) is 17.0 Å². The summed E-state index contributed by atoms with van der Waals surface area (Å²) in [5, 5.41) is 11.6. The van der Waals surface area contributed by atoms with Crippen molar-refractivity contribution < 1.29 is 9.52 Å². The Morgan fingerprint density at radius 2 is 1.69 bits per heavy atom. The number of rotatable bonds is 2. The fraction of sp³-hybridized carbons (Fsp3) is 0.0833. The van der Waals surface area contributed by atoms with Crippen LogP contribution in [0.25, 0.3) is 11.0 Å². The minimum absolute atomic E-state index is 0.0572. The normalized spacial score (nSPS) is 16.1. The molecule has 0 saturated heterocycles. The molecule has 142 valence electrons. The SMILES string of the molecule is O=c1ccc2ccc(O)c(C3=Nc4ccccc4S[C@@H](c4ccccc4)C3)c2o1. The number of hydrogen-bond acceptors (Lipinski definition) is 5. The molecule has 0 aliphatic carbocycles. The number of nitrogens with zero attached hydrogens (tertiary/aromatic N) is 1. The number of para-hydroxylation sites is 1. The quantitative estimate of drug-likeness (QED) is 0.429. The highest BCUT2D eigenvalue weighted by Crippen LogP contribution is 2.46. The number of phenolic OH excluding ortho intramolecular Hbond substituents is 1. The van der Waals surface area contributed by atoms with Gasteiger partial charge in [-0.05, 0) is 35.9 Å². The third kappa shape index (κ3) is 3.34. The van der Waals surface area contributed by atoms with Crippen LogP contribution in [0.4, 0.5) is 5.69 Å². The maximum absolute atomic E-state index is 11.9. The first-order valence-corrected chi connectivity index (χ1v) is 10.2. The zero-order valence-electron chi connectivity index (χ0n) is 15.4. The molecule has 1 aliphatic rings. The van der Waals surface area contributed by atoms with Crippen molar-refractivity contribution in [1.82, 2.24) is 0 Å². The van der Waals surface area contributed by atoms with Gasteiger partial charge in [-0.3, -0.25) is 4.99 Å². The first-order valence-electron chi connectivity index (χ1n) is 9.33. The summed E-state index contributed by atoms with van der Waals surface area (Å²) in [6, 6.07) is 24.7. The molecule has 0 spiro atoms. The molecule has 0 bridgehead atoms. The molecule has 5 heteroatoms. The van der Waals surface area contributed by atoms with E-state index in [2.05, 4.69) is 18.2 Å². The minimum Gasteiger partial charge on any atom is -0.507 e. The van der Waals surface area contributed by atoms with Gasteiger partial charge in [0.25, 0.3) is 0 Å². The zero-order valence-corrected chi connectivity index (χ0v) is 16.2. The highest BCUT2D eigenvalue weighted by Gasteiger charge is 2.25. The molecule has 3 aromatic carbocycles. The fourth-order valence-electron chi connectivity index (χ4n) is 3.62. The topological polar surface area (TPSA) is 62.8 Å². The van der Waals surface area contributed by atoms with Crippen LogP contribution >= 0.6 is 11.8 Å². The van der Waals surface area contributed by atoms with E-state index in [1.54, 1.807) is 30.0 Å². The van der Waals surface area contributed by atoms with E-state index < -0.39 is 5.63 Å². The Kier molecular flexibility index (Phi) is 4.45. The van der Waals surface area contributed by atoms with Crippen LogP contribution in [-0.2, 0) is 0 Å². The van der Waals surface area contributed by atoms with Gasteiger partial charge in [-0.25, -0.2) is 4.79 Å². The minimum atomic E-state index is -0.451. The monoisotopic (exact) mass is 399 g/mol. The molecule has 4 nitrogen and oxygen atoms in total. The van der Waals surface area contributed by atoms with Crippen LogP contribution in [0.15, 0.2) is 98.0 Å². The largest absolute Gasteiger partial charge is 0.507 e. The molecule has 5 rings (SSSR count). The number of aliphatic imine (C=N–C) groups is 1. The van der Waals surface area contributed by atoms with Gasteiger partial charge in [0.1, 0.15) is 5.75 Å². The molecular weight excluding hydrogens is 382 g/mol. The van der Waals surface area contributed by atoms with Crippen molar-refractivity contribution in [2.24, 2.45) is 4.99 Å². The first-order chi connectivity index (χ1) is 14.2. The van der Waals surface area contributed by atoms with Gasteiger partial charge >= 0.3 is 5.63 Å². The van der Waals surface area contributed by atoms with E-state index in [0.717, 1.165) is 16.0 Å². The fourth-order valence-corrected chi connectivity index (χ4v) is 4.86. The Balaban J connectivity index is 1.74. The van der Waals surface area contributed by atoms with E-state index in [0.29, 0.717) is 23.3 Å². The molecule has 29 heavy (non-hydrogen) atoms. The Labute approximate surface area is 171 Å². The molecule has 1 atom stereocenters. The molecule has 0 radical (unpaired) electrons. The van der Waals surface area contributed by atoms with Crippen LogP contribution in [0.3, 0.4) is 0 Å². The van der Waals surface area contributed by atoms with Crippen molar-refractivity contribution >= 4 is 34.1 Å². The number of benzene rings is 3. The maximum atomic E-state index is 11.9. The average Bonchev–Trinajstić information content (AvgIpc) is 2.93. The number of phenols is 1. The van der Waals surface area contributed by atoms with Crippen molar-refractivity contribution in [2.75, 3.05) is 0 Å². The third-order valence-electron chi connectivity index (χ3n) is 5.00. The van der Waals surface area contributed by atoms with Gasteiger partial charge < -0.3 is 9.52 Å². The summed E-state index contributed by atoms with van der Waals surface area (Å²) in [6.45, 7) is 0. The predicted molar refractivity (Wildman–Crippen MR) is 116 cm³/mol. The molecule has 1 aromatic heterocycles. The van der Waals surface area contributed by atoms with Crippen molar-refractivity contribution in [3.05, 3.63) is 100 Å². The third-order valence-corrected chi connectivity index (χ3v) is 6.32. The smallest absolute Gasteiger partial charge is 0.336 e. The Hall–Kier alpha value is -3.31. The zero-order chi connectivity index (χ0) is 19.8. The molecule has 0 saturated carbocycles. The summed E-state index contributed by atoms with van der Waals surface area (Å²) in [4.78, 5) is 17.9. The van der Waals surface area contributed by atoms with Crippen molar-refractivity contribution in [2.45, 2.75) is 16.6 Å². The lowest BCUT2D eigenvalue weighted by molar-refractivity contribution is 0.471. The van der Waals surface area contributed by atoms with Crippen LogP contribution < -0.4 is 5.63 Å². The predicted octanol–water partition coefficient (Wildman–Crippen LogP) is 5.86. The highest BCUT2D eigenvalue weighted by atomic mass is 32.2. The second-order valence-corrected chi connectivity index (χ2v) is 8.12. The van der Waals surface area contributed by atoms with E-state index in [9.17, 15) is 9.90 Å². The Morgan fingerprint density at radius 1 is 0.931 bits per heavy atom. The maximum Gasteiger partial charge on any atom is 0.336 e. The van der Waals surface area contributed by atoms with E-state index >= 15 is 0 Å². The molecule has 4 aromatic rings. The summed E-state index contributed by atoms with van der Waals surface area (Å²) in [5.41, 5.74) is 3.14. The van der Waals surface area contributed by atoms with Crippen molar-refractivity contribution in [3.63, 3.8) is 0 Å². The van der Waals surface area contributed by atoms with Crippen molar-refractivity contribution in [3.8, 4) is 5.75 Å². The number of aromatic hydroxyl groups is 1. The molecule has 0 amide bonds. The highest BCUT2D eigenvalue weighted by molar-refractivity contribution is 7.99. The Bertz CT molecular complexity index is 1290. The lowest BCUT2D eigenvalue weighted by Crippen LogP contribution is -2.08. The van der Waals surface area contributed by atoms with Crippen LogP contribution in [0, 0.1) is 0 Å².